The zero-order chi connectivity index (χ0) is 11.9. The van der Waals surface area contributed by atoms with Crippen molar-refractivity contribution in [2.24, 2.45) is 5.73 Å². The Bertz CT molecular complexity index is 310. The maximum atomic E-state index is 5.92. The van der Waals surface area contributed by atoms with E-state index in [1.807, 2.05) is 12.3 Å². The van der Waals surface area contributed by atoms with Crippen molar-refractivity contribution in [2.45, 2.75) is 18.9 Å². The quantitative estimate of drug-likeness (QED) is 0.855. The Hall–Kier alpha value is -0.970. The number of nitrogens with zero attached hydrogens (tertiary/aromatic N) is 2. The molecule has 1 unspecified atom stereocenters. The monoisotopic (exact) mass is 235 g/mol. The molecule has 1 aliphatic heterocycles. The summed E-state index contributed by atoms with van der Waals surface area (Å²) < 4.78 is 5.54. The highest BCUT2D eigenvalue weighted by molar-refractivity contribution is 5.14. The largest absolute Gasteiger partial charge is 0.380 e. The van der Waals surface area contributed by atoms with Gasteiger partial charge in [-0.3, -0.25) is 9.88 Å². The molecule has 0 amide bonds. The van der Waals surface area contributed by atoms with Crippen LogP contribution >= 0.6 is 0 Å². The molecule has 0 aromatic carbocycles. The standard InChI is InChI=1S/C13H21N3O/c14-10-13(12-4-3-5-15-11-12)16-6-1-2-8-17-9-7-16/h3-5,11,13H,1-2,6-10,14H2. The first-order valence-electron chi connectivity index (χ1n) is 6.33. The van der Waals surface area contributed by atoms with Crippen molar-refractivity contribution in [1.82, 2.24) is 9.88 Å². The van der Waals surface area contributed by atoms with Gasteiger partial charge in [-0.2, -0.15) is 0 Å². The molecule has 1 fully saturated rings. The summed E-state index contributed by atoms with van der Waals surface area (Å²) in [5.41, 5.74) is 7.12. The molecular weight excluding hydrogens is 214 g/mol. The number of hydrogen-bond acceptors (Lipinski definition) is 4. The van der Waals surface area contributed by atoms with Crippen LogP contribution in [0.4, 0.5) is 0 Å². The lowest BCUT2D eigenvalue weighted by molar-refractivity contribution is 0.0638. The highest BCUT2D eigenvalue weighted by Gasteiger charge is 2.19. The van der Waals surface area contributed by atoms with Crippen LogP contribution < -0.4 is 5.73 Å². The first-order chi connectivity index (χ1) is 8.42. The van der Waals surface area contributed by atoms with E-state index in [9.17, 15) is 0 Å². The lowest BCUT2D eigenvalue weighted by Crippen LogP contribution is -2.38. The van der Waals surface area contributed by atoms with Crippen molar-refractivity contribution in [2.75, 3.05) is 32.8 Å². The molecule has 4 heteroatoms. The molecule has 1 aliphatic rings. The minimum atomic E-state index is 0.269. The van der Waals surface area contributed by atoms with Crippen LogP contribution in [0.1, 0.15) is 24.4 Å². The van der Waals surface area contributed by atoms with Gasteiger partial charge >= 0.3 is 0 Å². The molecule has 1 aromatic rings. The van der Waals surface area contributed by atoms with Crippen LogP contribution in [0.15, 0.2) is 24.5 Å². The number of aromatic nitrogens is 1. The molecule has 2 heterocycles. The van der Waals surface area contributed by atoms with Gasteiger partial charge in [0.15, 0.2) is 0 Å². The van der Waals surface area contributed by atoms with E-state index >= 15 is 0 Å². The van der Waals surface area contributed by atoms with Gasteiger partial charge in [0.1, 0.15) is 0 Å². The molecule has 0 saturated carbocycles. The smallest absolute Gasteiger partial charge is 0.0593 e. The van der Waals surface area contributed by atoms with E-state index in [0.29, 0.717) is 6.54 Å². The summed E-state index contributed by atoms with van der Waals surface area (Å²) >= 11 is 0. The second-order valence-corrected chi connectivity index (χ2v) is 4.39. The van der Waals surface area contributed by atoms with Crippen molar-refractivity contribution < 1.29 is 4.74 Å². The second-order valence-electron chi connectivity index (χ2n) is 4.39. The van der Waals surface area contributed by atoms with Gasteiger partial charge in [-0.25, -0.2) is 0 Å². The average molecular weight is 235 g/mol. The van der Waals surface area contributed by atoms with Crippen LogP contribution in [0.5, 0.6) is 0 Å². The number of nitrogens with two attached hydrogens (primary N) is 1. The summed E-state index contributed by atoms with van der Waals surface area (Å²) in [6.07, 6.45) is 6.03. The van der Waals surface area contributed by atoms with Gasteiger partial charge in [-0.15, -0.1) is 0 Å². The Morgan fingerprint density at radius 3 is 3.06 bits per heavy atom. The SMILES string of the molecule is NCC(c1cccnc1)N1CCCCOCC1. The van der Waals surface area contributed by atoms with E-state index in [0.717, 1.165) is 32.7 Å². The molecule has 1 saturated heterocycles. The van der Waals surface area contributed by atoms with Crippen LogP contribution in [0.3, 0.4) is 0 Å². The summed E-state index contributed by atoms with van der Waals surface area (Å²) in [6, 6.07) is 4.34. The summed E-state index contributed by atoms with van der Waals surface area (Å²) in [4.78, 5) is 6.59. The molecule has 94 valence electrons. The molecule has 0 bridgehead atoms. The topological polar surface area (TPSA) is 51.4 Å². The molecule has 2 N–H and O–H groups in total. The summed E-state index contributed by atoms with van der Waals surface area (Å²) in [6.45, 7) is 4.38. The number of rotatable bonds is 3. The fourth-order valence-corrected chi connectivity index (χ4v) is 2.30. The Morgan fingerprint density at radius 1 is 1.35 bits per heavy atom. The van der Waals surface area contributed by atoms with Gasteiger partial charge in [0.05, 0.1) is 6.61 Å². The highest BCUT2D eigenvalue weighted by atomic mass is 16.5. The summed E-state index contributed by atoms with van der Waals surface area (Å²) in [5.74, 6) is 0. The fraction of sp³-hybridized carbons (Fsp3) is 0.615. The van der Waals surface area contributed by atoms with Gasteiger partial charge in [0.2, 0.25) is 0 Å². The number of ether oxygens (including phenoxy) is 1. The first-order valence-corrected chi connectivity index (χ1v) is 6.33. The maximum absolute atomic E-state index is 5.92. The molecule has 0 radical (unpaired) electrons. The molecule has 17 heavy (non-hydrogen) atoms. The number of pyridine rings is 1. The van der Waals surface area contributed by atoms with Crippen molar-refractivity contribution in [3.8, 4) is 0 Å². The molecule has 0 aliphatic carbocycles. The maximum Gasteiger partial charge on any atom is 0.0593 e. The van der Waals surface area contributed by atoms with E-state index in [4.69, 9.17) is 10.5 Å². The molecule has 2 rings (SSSR count). The summed E-state index contributed by atoms with van der Waals surface area (Å²) in [5, 5.41) is 0. The van der Waals surface area contributed by atoms with Crippen molar-refractivity contribution in [3.63, 3.8) is 0 Å². The third-order valence-electron chi connectivity index (χ3n) is 3.24. The Balaban J connectivity index is 2.05. The first kappa shape index (κ1) is 12.5. The van der Waals surface area contributed by atoms with Gasteiger partial charge < -0.3 is 10.5 Å². The Kier molecular flexibility index (Phi) is 4.91. The minimum Gasteiger partial charge on any atom is -0.380 e. The van der Waals surface area contributed by atoms with E-state index in [-0.39, 0.29) is 6.04 Å². The van der Waals surface area contributed by atoms with Crippen LogP contribution in [-0.4, -0.2) is 42.7 Å². The fourth-order valence-electron chi connectivity index (χ4n) is 2.30. The second kappa shape index (κ2) is 6.69. The van der Waals surface area contributed by atoms with Crippen molar-refractivity contribution in [1.29, 1.82) is 0 Å². The average Bonchev–Trinajstić information content (AvgIpc) is 2.34. The Labute approximate surface area is 103 Å². The Morgan fingerprint density at radius 2 is 2.29 bits per heavy atom. The number of hydrogen-bond donors (Lipinski definition) is 1. The van der Waals surface area contributed by atoms with E-state index in [1.54, 1.807) is 6.20 Å². The molecule has 1 atom stereocenters. The zero-order valence-corrected chi connectivity index (χ0v) is 10.2. The van der Waals surface area contributed by atoms with Crippen LogP contribution in [-0.2, 0) is 4.74 Å². The highest BCUT2D eigenvalue weighted by Crippen LogP contribution is 2.19. The summed E-state index contributed by atoms with van der Waals surface area (Å²) in [7, 11) is 0. The third-order valence-corrected chi connectivity index (χ3v) is 3.24. The predicted octanol–water partition coefficient (Wildman–Crippen LogP) is 1.19. The van der Waals surface area contributed by atoms with Gasteiger partial charge in [-0.1, -0.05) is 6.07 Å². The predicted molar refractivity (Wildman–Crippen MR) is 67.7 cm³/mol. The van der Waals surface area contributed by atoms with Crippen molar-refractivity contribution in [3.05, 3.63) is 30.1 Å². The van der Waals surface area contributed by atoms with Gasteiger partial charge in [0, 0.05) is 38.1 Å². The third kappa shape index (κ3) is 3.49. The van der Waals surface area contributed by atoms with Crippen LogP contribution in [0, 0.1) is 0 Å². The van der Waals surface area contributed by atoms with Crippen LogP contribution in [0.2, 0.25) is 0 Å². The van der Waals surface area contributed by atoms with Crippen LogP contribution in [0.25, 0.3) is 0 Å². The molecule has 4 nitrogen and oxygen atoms in total. The van der Waals surface area contributed by atoms with Gasteiger partial charge in [-0.05, 0) is 31.0 Å². The lowest BCUT2D eigenvalue weighted by atomic mass is 10.1. The molecule has 1 aromatic heterocycles. The van der Waals surface area contributed by atoms with Gasteiger partial charge in [0.25, 0.3) is 0 Å². The lowest BCUT2D eigenvalue weighted by Gasteiger charge is -2.32. The van der Waals surface area contributed by atoms with Crippen molar-refractivity contribution >= 4 is 0 Å². The van der Waals surface area contributed by atoms with E-state index in [2.05, 4.69) is 16.0 Å². The molecular formula is C13H21N3O. The minimum absolute atomic E-state index is 0.269. The molecule has 0 spiro atoms. The zero-order valence-electron chi connectivity index (χ0n) is 10.2. The van der Waals surface area contributed by atoms with E-state index in [1.165, 1.54) is 12.0 Å². The normalized spacial score (nSPS) is 20.5. The van der Waals surface area contributed by atoms with E-state index < -0.39 is 0 Å².